The number of carbonyl (C=O) groups excluding carboxylic acids is 3. The van der Waals surface area contributed by atoms with Crippen LogP contribution in [0.5, 0.6) is 5.75 Å². The summed E-state index contributed by atoms with van der Waals surface area (Å²) in [5.41, 5.74) is 1.92. The maximum absolute atomic E-state index is 15.9. The number of aryl methyl sites for hydroxylation is 1. The molecule has 178 valence electrons. The average molecular weight is 487 g/mol. The van der Waals surface area contributed by atoms with Gasteiger partial charge in [-0.1, -0.05) is 19.9 Å². The van der Waals surface area contributed by atoms with Gasteiger partial charge in [0.1, 0.15) is 5.82 Å². The Bertz CT molecular complexity index is 1290. The van der Waals surface area contributed by atoms with Crippen molar-refractivity contribution >= 4 is 40.6 Å². The highest BCUT2D eigenvalue weighted by atomic mass is 32.2. The van der Waals surface area contributed by atoms with Gasteiger partial charge < -0.3 is 9.64 Å². The first-order chi connectivity index (χ1) is 16.0. The van der Waals surface area contributed by atoms with Crippen molar-refractivity contribution in [3.63, 3.8) is 0 Å². The minimum atomic E-state index is -0.818. The number of fused-ring (bicyclic) bond motifs is 1. The first-order valence-electron chi connectivity index (χ1n) is 10.7. The number of halogens is 2. The molecule has 1 N–H and O–H groups in total. The molecule has 2 aromatic carbocycles. The largest absolute Gasteiger partial charge is 0.493 e. The van der Waals surface area contributed by atoms with Gasteiger partial charge in [0.2, 0.25) is 5.91 Å². The number of amides is 3. The summed E-state index contributed by atoms with van der Waals surface area (Å²) in [5, 5.41) is 1.51. The van der Waals surface area contributed by atoms with Crippen LogP contribution in [0.2, 0.25) is 0 Å². The first-order valence-corrected chi connectivity index (χ1v) is 11.6. The topological polar surface area (TPSA) is 75.7 Å². The Morgan fingerprint density at radius 3 is 2.50 bits per heavy atom. The number of benzene rings is 2. The van der Waals surface area contributed by atoms with Gasteiger partial charge in [-0.25, -0.2) is 8.78 Å². The quantitative estimate of drug-likeness (QED) is 0.593. The van der Waals surface area contributed by atoms with Gasteiger partial charge in [0.25, 0.3) is 11.1 Å². The Kier molecular flexibility index (Phi) is 6.01. The van der Waals surface area contributed by atoms with Crippen molar-refractivity contribution in [2.24, 2.45) is 0 Å². The molecule has 2 aliphatic heterocycles. The molecule has 0 atom stereocenters. The number of anilines is 1. The maximum atomic E-state index is 15.9. The molecule has 4 rings (SSSR count). The molecule has 0 aromatic heterocycles. The summed E-state index contributed by atoms with van der Waals surface area (Å²) >= 11 is 0.617. The fourth-order valence-electron chi connectivity index (χ4n) is 4.52. The van der Waals surface area contributed by atoms with Crippen molar-refractivity contribution in [2.45, 2.75) is 39.5 Å². The van der Waals surface area contributed by atoms with Crippen LogP contribution < -0.4 is 15.0 Å². The van der Waals surface area contributed by atoms with Gasteiger partial charge in [-0.2, -0.15) is 0 Å². The van der Waals surface area contributed by atoms with Crippen molar-refractivity contribution in [1.82, 2.24) is 5.32 Å². The third-order valence-electron chi connectivity index (χ3n) is 6.17. The second kappa shape index (κ2) is 8.54. The lowest BCUT2D eigenvalue weighted by molar-refractivity contribution is -0.120. The molecule has 0 aliphatic carbocycles. The summed E-state index contributed by atoms with van der Waals surface area (Å²) in [4.78, 5) is 37.8. The number of nitrogens with zero attached hydrogens (tertiary/aromatic N) is 1. The van der Waals surface area contributed by atoms with Crippen LogP contribution in [0, 0.1) is 18.6 Å². The smallest absolute Gasteiger partial charge is 0.290 e. The van der Waals surface area contributed by atoms with Crippen LogP contribution in [-0.4, -0.2) is 30.7 Å². The SMILES string of the molecule is CCN1C(=O)CC(C)(C)c2cc(C)c(-c3c(F)c(/C=C4\SC(=O)NC4=O)cc(F)c3OC)cc21. The second-order valence-electron chi connectivity index (χ2n) is 8.91. The van der Waals surface area contributed by atoms with E-state index in [9.17, 15) is 14.4 Å². The third kappa shape index (κ3) is 3.87. The Morgan fingerprint density at radius 2 is 1.91 bits per heavy atom. The minimum absolute atomic E-state index is 0.0360. The summed E-state index contributed by atoms with van der Waals surface area (Å²) in [5.74, 6) is -2.61. The van der Waals surface area contributed by atoms with E-state index in [1.165, 1.54) is 7.11 Å². The fraction of sp³-hybridized carbons (Fsp3) is 0.320. The van der Waals surface area contributed by atoms with Gasteiger partial charge in [-0.05, 0) is 60.5 Å². The number of hydrogen-bond donors (Lipinski definition) is 1. The van der Waals surface area contributed by atoms with Crippen molar-refractivity contribution in [1.29, 1.82) is 0 Å². The molecule has 0 saturated carbocycles. The Labute approximate surface area is 200 Å². The van der Waals surface area contributed by atoms with E-state index < -0.39 is 28.2 Å². The highest BCUT2D eigenvalue weighted by Crippen LogP contribution is 2.46. The van der Waals surface area contributed by atoms with Gasteiger partial charge in [-0.15, -0.1) is 0 Å². The molecular formula is C25H24F2N2O4S. The lowest BCUT2D eigenvalue weighted by atomic mass is 9.75. The number of rotatable bonds is 4. The predicted molar refractivity (Wildman–Crippen MR) is 128 cm³/mol. The molecule has 9 heteroatoms. The summed E-state index contributed by atoms with van der Waals surface area (Å²) in [6, 6.07) is 4.53. The molecule has 0 radical (unpaired) electrons. The highest BCUT2D eigenvalue weighted by molar-refractivity contribution is 8.18. The van der Waals surface area contributed by atoms with Gasteiger partial charge in [0, 0.05) is 29.6 Å². The number of thioether (sulfide) groups is 1. The van der Waals surface area contributed by atoms with Crippen molar-refractivity contribution in [3.8, 4) is 16.9 Å². The second-order valence-corrected chi connectivity index (χ2v) is 9.92. The van der Waals surface area contributed by atoms with Crippen molar-refractivity contribution < 1.29 is 27.9 Å². The Hall–Kier alpha value is -3.20. The van der Waals surface area contributed by atoms with E-state index in [4.69, 9.17) is 4.74 Å². The van der Waals surface area contributed by atoms with Gasteiger partial charge in [0.05, 0.1) is 17.6 Å². The molecule has 2 aromatic rings. The van der Waals surface area contributed by atoms with E-state index >= 15 is 8.78 Å². The van der Waals surface area contributed by atoms with Gasteiger partial charge in [-0.3, -0.25) is 19.7 Å². The molecular weight excluding hydrogens is 462 g/mol. The molecule has 1 fully saturated rings. The van der Waals surface area contributed by atoms with Crippen LogP contribution >= 0.6 is 11.8 Å². The predicted octanol–water partition coefficient (Wildman–Crippen LogP) is 5.31. The molecule has 0 bridgehead atoms. The number of carbonyl (C=O) groups is 3. The number of imide groups is 1. The Balaban J connectivity index is 1.98. The van der Waals surface area contributed by atoms with E-state index in [1.54, 1.807) is 17.9 Å². The number of methoxy groups -OCH3 is 1. The number of nitrogens with one attached hydrogen (secondary N) is 1. The van der Waals surface area contributed by atoms with Crippen LogP contribution in [0.3, 0.4) is 0 Å². The zero-order chi connectivity index (χ0) is 24.9. The lowest BCUT2D eigenvalue weighted by Gasteiger charge is -2.39. The van der Waals surface area contributed by atoms with E-state index in [0.29, 0.717) is 41.5 Å². The van der Waals surface area contributed by atoms with Crippen molar-refractivity contribution in [3.05, 3.63) is 51.4 Å². The standard InChI is InChI=1S/C25H24F2N2O4S/c1-6-29-17-10-14(12(2)7-15(17)25(3,4)11-19(29)30)20-21(27)13(8-16(26)22(20)33-5)9-18-23(31)28-24(32)34-18/h7-10H,6,11H2,1-5H3,(H,28,31,32)/b18-9-. The molecule has 3 amide bonds. The van der Waals surface area contributed by atoms with Crippen LogP contribution in [0.15, 0.2) is 23.1 Å². The van der Waals surface area contributed by atoms with Crippen LogP contribution in [0.1, 0.15) is 43.9 Å². The maximum Gasteiger partial charge on any atom is 0.290 e. The summed E-state index contributed by atoms with van der Waals surface area (Å²) in [7, 11) is 1.25. The summed E-state index contributed by atoms with van der Waals surface area (Å²) in [6.07, 6.45) is 1.49. The van der Waals surface area contributed by atoms with Crippen LogP contribution in [0.4, 0.5) is 19.3 Å². The molecule has 0 unspecified atom stereocenters. The normalized spacial score (nSPS) is 18.4. The monoisotopic (exact) mass is 486 g/mol. The average Bonchev–Trinajstić information content (AvgIpc) is 3.07. The Morgan fingerprint density at radius 1 is 1.21 bits per heavy atom. The number of hydrogen-bond acceptors (Lipinski definition) is 5. The molecule has 6 nitrogen and oxygen atoms in total. The number of ether oxygens (including phenoxy) is 1. The van der Waals surface area contributed by atoms with E-state index in [1.807, 2.05) is 26.8 Å². The summed E-state index contributed by atoms with van der Waals surface area (Å²) < 4.78 is 36.2. The van der Waals surface area contributed by atoms with Crippen LogP contribution in [-0.2, 0) is 15.0 Å². The molecule has 0 spiro atoms. The fourth-order valence-corrected chi connectivity index (χ4v) is 5.19. The minimum Gasteiger partial charge on any atom is -0.493 e. The van der Waals surface area contributed by atoms with Gasteiger partial charge in [0.15, 0.2) is 11.6 Å². The van der Waals surface area contributed by atoms with Crippen molar-refractivity contribution in [2.75, 3.05) is 18.6 Å². The van der Waals surface area contributed by atoms with Gasteiger partial charge >= 0.3 is 0 Å². The highest BCUT2D eigenvalue weighted by Gasteiger charge is 2.37. The first kappa shape index (κ1) is 23.9. The zero-order valence-electron chi connectivity index (χ0n) is 19.5. The zero-order valence-corrected chi connectivity index (χ0v) is 20.3. The van der Waals surface area contributed by atoms with E-state index in [-0.39, 0.29) is 27.7 Å². The van der Waals surface area contributed by atoms with Crippen LogP contribution in [0.25, 0.3) is 17.2 Å². The molecule has 1 saturated heterocycles. The molecule has 2 aliphatic rings. The molecule has 34 heavy (non-hydrogen) atoms. The lowest BCUT2D eigenvalue weighted by Crippen LogP contribution is -2.41. The summed E-state index contributed by atoms with van der Waals surface area (Å²) in [6.45, 7) is 8.05. The van der Waals surface area contributed by atoms with E-state index in [2.05, 4.69) is 5.32 Å². The third-order valence-corrected chi connectivity index (χ3v) is 6.98. The molecule has 2 heterocycles. The van der Waals surface area contributed by atoms with E-state index in [0.717, 1.165) is 17.7 Å².